The molecule has 1 aromatic rings. The molecule has 5 nitrogen and oxygen atoms in total. The molecule has 0 saturated carbocycles. The van der Waals surface area contributed by atoms with Gasteiger partial charge in [-0.05, 0) is 37.3 Å². The summed E-state index contributed by atoms with van der Waals surface area (Å²) in [5.74, 6) is -0.173. The van der Waals surface area contributed by atoms with Gasteiger partial charge in [-0.2, -0.15) is 0 Å². The number of rotatable bonds is 2. The first-order chi connectivity index (χ1) is 10.1. The standard InChI is InChI=1S/C16H21N3O2/c17-15(20)12-7-9-19(10-8-12)16(21)14-6-5-11-3-1-2-4-13(11)18-14/h1-4,12,14,18H,5-10H2,(H2,17,20). The maximum absolute atomic E-state index is 12.6. The Morgan fingerprint density at radius 3 is 2.57 bits per heavy atom. The molecule has 0 aliphatic carbocycles. The topological polar surface area (TPSA) is 75.4 Å². The molecule has 1 fully saturated rings. The Morgan fingerprint density at radius 2 is 1.86 bits per heavy atom. The highest BCUT2D eigenvalue weighted by atomic mass is 16.2. The molecule has 5 heteroatoms. The largest absolute Gasteiger partial charge is 0.373 e. The van der Waals surface area contributed by atoms with Crippen LogP contribution in [0.15, 0.2) is 24.3 Å². The summed E-state index contributed by atoms with van der Waals surface area (Å²) in [7, 11) is 0. The number of piperidine rings is 1. The van der Waals surface area contributed by atoms with Crippen molar-refractivity contribution < 1.29 is 9.59 Å². The highest BCUT2D eigenvalue weighted by molar-refractivity contribution is 5.86. The number of para-hydroxylation sites is 1. The summed E-state index contributed by atoms with van der Waals surface area (Å²) in [4.78, 5) is 25.6. The number of aryl methyl sites for hydroxylation is 1. The fourth-order valence-electron chi connectivity index (χ4n) is 3.23. The smallest absolute Gasteiger partial charge is 0.245 e. The van der Waals surface area contributed by atoms with E-state index in [0.717, 1.165) is 18.5 Å². The fourth-order valence-corrected chi connectivity index (χ4v) is 3.23. The molecule has 0 aromatic heterocycles. The Hall–Kier alpha value is -2.04. The Kier molecular flexibility index (Phi) is 3.82. The van der Waals surface area contributed by atoms with Gasteiger partial charge in [0.25, 0.3) is 0 Å². The average molecular weight is 287 g/mol. The number of primary amides is 1. The van der Waals surface area contributed by atoms with Gasteiger partial charge in [0, 0.05) is 24.7 Å². The number of nitrogens with two attached hydrogens (primary N) is 1. The van der Waals surface area contributed by atoms with Gasteiger partial charge in [-0.15, -0.1) is 0 Å². The van der Waals surface area contributed by atoms with E-state index >= 15 is 0 Å². The van der Waals surface area contributed by atoms with E-state index in [1.165, 1.54) is 5.56 Å². The molecule has 3 rings (SSSR count). The van der Waals surface area contributed by atoms with Gasteiger partial charge in [0.1, 0.15) is 6.04 Å². The summed E-state index contributed by atoms with van der Waals surface area (Å²) >= 11 is 0. The third-order valence-electron chi connectivity index (χ3n) is 4.56. The van der Waals surface area contributed by atoms with Crippen molar-refractivity contribution >= 4 is 17.5 Å². The van der Waals surface area contributed by atoms with Crippen LogP contribution in [0.25, 0.3) is 0 Å². The van der Waals surface area contributed by atoms with E-state index in [1.807, 2.05) is 23.1 Å². The van der Waals surface area contributed by atoms with Gasteiger partial charge >= 0.3 is 0 Å². The van der Waals surface area contributed by atoms with Gasteiger partial charge in [-0.3, -0.25) is 9.59 Å². The lowest BCUT2D eigenvalue weighted by molar-refractivity contribution is -0.135. The minimum absolute atomic E-state index is 0.0749. The van der Waals surface area contributed by atoms with E-state index in [9.17, 15) is 9.59 Å². The molecule has 0 spiro atoms. The van der Waals surface area contributed by atoms with Crippen molar-refractivity contribution in [1.29, 1.82) is 0 Å². The highest BCUT2D eigenvalue weighted by Crippen LogP contribution is 2.26. The molecule has 112 valence electrons. The quantitative estimate of drug-likeness (QED) is 0.856. The molecule has 21 heavy (non-hydrogen) atoms. The first kappa shape index (κ1) is 13.9. The summed E-state index contributed by atoms with van der Waals surface area (Å²) < 4.78 is 0. The number of nitrogens with one attached hydrogen (secondary N) is 1. The fraction of sp³-hybridized carbons (Fsp3) is 0.500. The van der Waals surface area contributed by atoms with Crippen molar-refractivity contribution in [2.24, 2.45) is 11.7 Å². The van der Waals surface area contributed by atoms with Crippen LogP contribution in [0.1, 0.15) is 24.8 Å². The number of carbonyl (C=O) groups excluding carboxylic acids is 2. The van der Waals surface area contributed by atoms with Crippen molar-refractivity contribution in [3.8, 4) is 0 Å². The van der Waals surface area contributed by atoms with E-state index in [1.54, 1.807) is 0 Å². The number of nitrogens with zero attached hydrogens (tertiary/aromatic N) is 1. The van der Waals surface area contributed by atoms with Gasteiger partial charge < -0.3 is 16.0 Å². The molecular formula is C16H21N3O2. The lowest BCUT2D eigenvalue weighted by Gasteiger charge is -2.35. The maximum atomic E-state index is 12.6. The van der Waals surface area contributed by atoms with Gasteiger partial charge in [0.05, 0.1) is 0 Å². The number of hydrogen-bond donors (Lipinski definition) is 2. The zero-order valence-electron chi connectivity index (χ0n) is 12.0. The van der Waals surface area contributed by atoms with Crippen LogP contribution in [-0.4, -0.2) is 35.8 Å². The van der Waals surface area contributed by atoms with Crippen LogP contribution in [0.4, 0.5) is 5.69 Å². The van der Waals surface area contributed by atoms with Crippen molar-refractivity contribution in [3.63, 3.8) is 0 Å². The molecule has 2 heterocycles. The molecule has 2 amide bonds. The molecule has 1 aromatic carbocycles. The van der Waals surface area contributed by atoms with Crippen molar-refractivity contribution in [2.75, 3.05) is 18.4 Å². The van der Waals surface area contributed by atoms with Crippen LogP contribution in [-0.2, 0) is 16.0 Å². The minimum atomic E-state index is -0.244. The number of fused-ring (bicyclic) bond motifs is 1. The normalized spacial score (nSPS) is 22.3. The van der Waals surface area contributed by atoms with Gasteiger partial charge in [0.15, 0.2) is 0 Å². The number of hydrogen-bond acceptors (Lipinski definition) is 3. The van der Waals surface area contributed by atoms with Crippen LogP contribution < -0.4 is 11.1 Å². The summed E-state index contributed by atoms with van der Waals surface area (Å²) in [6, 6.07) is 7.98. The number of amides is 2. The Balaban J connectivity index is 1.61. The average Bonchev–Trinajstić information content (AvgIpc) is 2.54. The van der Waals surface area contributed by atoms with Crippen LogP contribution >= 0.6 is 0 Å². The second kappa shape index (κ2) is 5.76. The molecule has 2 aliphatic heterocycles. The Bertz CT molecular complexity index is 550. The predicted octanol–water partition coefficient (Wildman–Crippen LogP) is 1.14. The molecule has 1 saturated heterocycles. The zero-order chi connectivity index (χ0) is 14.8. The number of benzene rings is 1. The lowest BCUT2D eigenvalue weighted by atomic mass is 9.94. The first-order valence-electron chi connectivity index (χ1n) is 7.57. The third-order valence-corrected chi connectivity index (χ3v) is 4.56. The molecule has 2 aliphatic rings. The zero-order valence-corrected chi connectivity index (χ0v) is 12.0. The number of likely N-dealkylation sites (tertiary alicyclic amines) is 1. The molecule has 1 atom stereocenters. The predicted molar refractivity (Wildman–Crippen MR) is 80.7 cm³/mol. The summed E-state index contributed by atoms with van der Waals surface area (Å²) in [5, 5.41) is 3.35. The lowest BCUT2D eigenvalue weighted by Crippen LogP contribution is -2.48. The van der Waals surface area contributed by atoms with Gasteiger partial charge in [0.2, 0.25) is 11.8 Å². The molecule has 0 radical (unpaired) electrons. The molecule has 3 N–H and O–H groups in total. The van der Waals surface area contributed by atoms with Crippen LogP contribution in [0, 0.1) is 5.92 Å². The maximum Gasteiger partial charge on any atom is 0.245 e. The third kappa shape index (κ3) is 2.86. The van der Waals surface area contributed by atoms with Gasteiger partial charge in [-0.25, -0.2) is 0 Å². The first-order valence-corrected chi connectivity index (χ1v) is 7.57. The number of carbonyl (C=O) groups is 2. The summed E-state index contributed by atoms with van der Waals surface area (Å²) in [6.45, 7) is 1.26. The van der Waals surface area contributed by atoms with Crippen molar-refractivity contribution in [3.05, 3.63) is 29.8 Å². The minimum Gasteiger partial charge on any atom is -0.373 e. The van der Waals surface area contributed by atoms with E-state index in [2.05, 4.69) is 11.4 Å². The summed E-state index contributed by atoms with van der Waals surface area (Å²) in [6.07, 6.45) is 3.12. The van der Waals surface area contributed by atoms with Crippen LogP contribution in [0.3, 0.4) is 0 Å². The van der Waals surface area contributed by atoms with Crippen molar-refractivity contribution in [1.82, 2.24) is 4.90 Å². The van der Waals surface area contributed by atoms with E-state index in [4.69, 9.17) is 5.73 Å². The van der Waals surface area contributed by atoms with E-state index in [-0.39, 0.29) is 23.8 Å². The second-order valence-corrected chi connectivity index (χ2v) is 5.89. The van der Waals surface area contributed by atoms with E-state index in [0.29, 0.717) is 25.9 Å². The van der Waals surface area contributed by atoms with Gasteiger partial charge in [-0.1, -0.05) is 18.2 Å². The molecule has 1 unspecified atom stereocenters. The highest BCUT2D eigenvalue weighted by Gasteiger charge is 2.31. The van der Waals surface area contributed by atoms with Crippen molar-refractivity contribution in [2.45, 2.75) is 31.7 Å². The Morgan fingerprint density at radius 1 is 1.14 bits per heavy atom. The molecule has 0 bridgehead atoms. The Labute approximate surface area is 124 Å². The van der Waals surface area contributed by atoms with Crippen LogP contribution in [0.2, 0.25) is 0 Å². The summed E-state index contributed by atoms with van der Waals surface area (Å²) in [5.41, 5.74) is 7.67. The van der Waals surface area contributed by atoms with Crippen LogP contribution in [0.5, 0.6) is 0 Å². The molecular weight excluding hydrogens is 266 g/mol. The second-order valence-electron chi connectivity index (χ2n) is 5.89. The van der Waals surface area contributed by atoms with E-state index < -0.39 is 0 Å². The SMILES string of the molecule is NC(=O)C1CCN(C(=O)C2CCc3ccccc3N2)CC1. The number of anilines is 1. The monoisotopic (exact) mass is 287 g/mol.